The summed E-state index contributed by atoms with van der Waals surface area (Å²) in [6, 6.07) is -0.799. The SMILES string of the molecule is O=CNCC(=O)NC(CC1CCNC1=O)C(=O)CCl. The molecule has 1 fully saturated rings. The first-order valence-corrected chi connectivity index (χ1v) is 6.44. The maximum Gasteiger partial charge on any atom is 0.239 e. The Hall–Kier alpha value is -1.63. The van der Waals surface area contributed by atoms with Gasteiger partial charge in [0, 0.05) is 12.5 Å². The zero-order valence-corrected chi connectivity index (χ0v) is 11.0. The number of rotatable bonds is 8. The first-order valence-electron chi connectivity index (χ1n) is 5.91. The quantitative estimate of drug-likeness (QED) is 0.376. The van der Waals surface area contributed by atoms with Crippen molar-refractivity contribution in [1.29, 1.82) is 0 Å². The third-order valence-corrected chi connectivity index (χ3v) is 3.15. The number of Topliss-reactive ketones (excluding diaryl/α,β-unsaturated/α-hetero) is 1. The van der Waals surface area contributed by atoms with E-state index in [1.165, 1.54) is 0 Å². The van der Waals surface area contributed by atoms with Crippen LogP contribution in [0.4, 0.5) is 0 Å². The van der Waals surface area contributed by atoms with Crippen LogP contribution in [-0.2, 0) is 19.2 Å². The first-order chi connectivity index (χ1) is 9.08. The number of hydrogen-bond acceptors (Lipinski definition) is 4. The molecule has 1 saturated heterocycles. The normalized spacial score (nSPS) is 19.4. The van der Waals surface area contributed by atoms with E-state index in [1.54, 1.807) is 0 Å². The number of ketones is 1. The number of hydrogen-bond donors (Lipinski definition) is 3. The maximum absolute atomic E-state index is 11.6. The second kappa shape index (κ2) is 7.73. The summed E-state index contributed by atoms with van der Waals surface area (Å²) in [5, 5.41) is 7.34. The van der Waals surface area contributed by atoms with Crippen molar-refractivity contribution < 1.29 is 19.2 Å². The van der Waals surface area contributed by atoms with Crippen molar-refractivity contribution in [3.05, 3.63) is 0 Å². The van der Waals surface area contributed by atoms with Crippen LogP contribution in [0, 0.1) is 5.92 Å². The summed E-state index contributed by atoms with van der Waals surface area (Å²) in [4.78, 5) is 44.6. The summed E-state index contributed by atoms with van der Waals surface area (Å²) in [6.07, 6.45) is 1.25. The van der Waals surface area contributed by atoms with E-state index in [9.17, 15) is 19.2 Å². The number of amides is 3. The standard InChI is InChI=1S/C11H16ClN3O4/c12-4-9(17)8(15-10(18)5-13-6-16)3-7-1-2-14-11(7)19/h6-8H,1-5H2,(H,13,16)(H,14,19)(H,15,18). The molecule has 106 valence electrons. The average Bonchev–Trinajstić information content (AvgIpc) is 2.80. The van der Waals surface area contributed by atoms with Gasteiger partial charge < -0.3 is 16.0 Å². The number of nitrogens with one attached hydrogen (secondary N) is 3. The molecule has 1 rings (SSSR count). The van der Waals surface area contributed by atoms with Gasteiger partial charge in [0.05, 0.1) is 18.5 Å². The van der Waals surface area contributed by atoms with E-state index in [0.29, 0.717) is 19.4 Å². The smallest absolute Gasteiger partial charge is 0.239 e. The van der Waals surface area contributed by atoms with Crippen molar-refractivity contribution in [2.24, 2.45) is 5.92 Å². The molecule has 1 aliphatic heterocycles. The molecule has 8 heteroatoms. The van der Waals surface area contributed by atoms with Crippen LogP contribution in [0.5, 0.6) is 0 Å². The lowest BCUT2D eigenvalue weighted by Crippen LogP contribution is -2.46. The van der Waals surface area contributed by atoms with E-state index in [0.717, 1.165) is 0 Å². The van der Waals surface area contributed by atoms with Crippen LogP contribution in [0.25, 0.3) is 0 Å². The number of alkyl halides is 1. The van der Waals surface area contributed by atoms with Crippen LogP contribution >= 0.6 is 11.6 Å². The maximum atomic E-state index is 11.6. The molecule has 0 aromatic carbocycles. The minimum atomic E-state index is -0.799. The van der Waals surface area contributed by atoms with Gasteiger partial charge in [0.25, 0.3) is 0 Å². The van der Waals surface area contributed by atoms with Crippen molar-refractivity contribution in [2.45, 2.75) is 18.9 Å². The van der Waals surface area contributed by atoms with Crippen molar-refractivity contribution in [1.82, 2.24) is 16.0 Å². The Morgan fingerprint density at radius 1 is 1.53 bits per heavy atom. The van der Waals surface area contributed by atoms with Crippen LogP contribution in [0.1, 0.15) is 12.8 Å². The second-order valence-corrected chi connectivity index (χ2v) is 4.50. The lowest BCUT2D eigenvalue weighted by atomic mass is 9.96. The lowest BCUT2D eigenvalue weighted by molar-refractivity contribution is -0.128. The summed E-state index contributed by atoms with van der Waals surface area (Å²) >= 11 is 5.48. The minimum absolute atomic E-state index is 0.118. The lowest BCUT2D eigenvalue weighted by Gasteiger charge is -2.19. The van der Waals surface area contributed by atoms with Gasteiger partial charge in [0.1, 0.15) is 0 Å². The van der Waals surface area contributed by atoms with Crippen LogP contribution in [0.15, 0.2) is 0 Å². The minimum Gasteiger partial charge on any atom is -0.356 e. The number of halogens is 1. The van der Waals surface area contributed by atoms with Crippen LogP contribution in [-0.4, -0.2) is 49.0 Å². The van der Waals surface area contributed by atoms with Gasteiger partial charge in [-0.3, -0.25) is 19.2 Å². The molecule has 2 unspecified atom stereocenters. The summed E-state index contributed by atoms with van der Waals surface area (Å²) < 4.78 is 0. The Labute approximate surface area is 115 Å². The highest BCUT2D eigenvalue weighted by Crippen LogP contribution is 2.16. The van der Waals surface area contributed by atoms with Crippen molar-refractivity contribution in [3.63, 3.8) is 0 Å². The summed E-state index contributed by atoms with van der Waals surface area (Å²) in [5.74, 6) is -1.49. The van der Waals surface area contributed by atoms with Gasteiger partial charge in [-0.2, -0.15) is 0 Å². The molecule has 1 aliphatic rings. The molecule has 19 heavy (non-hydrogen) atoms. The summed E-state index contributed by atoms with van der Waals surface area (Å²) in [7, 11) is 0. The van der Waals surface area contributed by atoms with Crippen molar-refractivity contribution in [2.75, 3.05) is 19.0 Å². The van der Waals surface area contributed by atoms with E-state index in [2.05, 4.69) is 16.0 Å². The third-order valence-electron chi connectivity index (χ3n) is 2.88. The van der Waals surface area contributed by atoms with E-state index < -0.39 is 11.9 Å². The van der Waals surface area contributed by atoms with Crippen molar-refractivity contribution >= 4 is 35.6 Å². The zero-order valence-electron chi connectivity index (χ0n) is 10.3. The molecule has 0 aromatic rings. The molecule has 7 nitrogen and oxygen atoms in total. The molecule has 3 amide bonds. The molecule has 0 radical (unpaired) electrons. The molecular formula is C11H16ClN3O4. The van der Waals surface area contributed by atoms with E-state index in [-0.39, 0.29) is 36.5 Å². The first kappa shape index (κ1) is 15.4. The third kappa shape index (κ3) is 4.86. The van der Waals surface area contributed by atoms with E-state index >= 15 is 0 Å². The van der Waals surface area contributed by atoms with Crippen LogP contribution < -0.4 is 16.0 Å². The Morgan fingerprint density at radius 3 is 2.79 bits per heavy atom. The molecule has 0 aromatic heterocycles. The number of carbonyl (C=O) groups is 4. The predicted molar refractivity (Wildman–Crippen MR) is 67.5 cm³/mol. The van der Waals surface area contributed by atoms with E-state index in [1.807, 2.05) is 0 Å². The average molecular weight is 290 g/mol. The zero-order chi connectivity index (χ0) is 14.3. The highest BCUT2D eigenvalue weighted by molar-refractivity contribution is 6.28. The second-order valence-electron chi connectivity index (χ2n) is 4.23. The fourth-order valence-corrected chi connectivity index (χ4v) is 2.08. The Kier molecular flexibility index (Phi) is 6.27. The van der Waals surface area contributed by atoms with Gasteiger partial charge in [0.15, 0.2) is 5.78 Å². The molecule has 0 spiro atoms. The highest BCUT2D eigenvalue weighted by atomic mass is 35.5. The Morgan fingerprint density at radius 2 is 2.26 bits per heavy atom. The predicted octanol–water partition coefficient (Wildman–Crippen LogP) is -1.45. The largest absolute Gasteiger partial charge is 0.356 e. The van der Waals surface area contributed by atoms with Gasteiger partial charge in [-0.05, 0) is 12.8 Å². The molecule has 1 heterocycles. The molecule has 0 aliphatic carbocycles. The van der Waals surface area contributed by atoms with Crippen LogP contribution in [0.3, 0.4) is 0 Å². The molecule has 0 bridgehead atoms. The topological polar surface area (TPSA) is 104 Å². The molecule has 3 N–H and O–H groups in total. The van der Waals surface area contributed by atoms with Crippen LogP contribution in [0.2, 0.25) is 0 Å². The summed E-state index contributed by atoms with van der Waals surface area (Å²) in [6.45, 7) is 0.359. The molecular weight excluding hydrogens is 274 g/mol. The summed E-state index contributed by atoms with van der Waals surface area (Å²) in [5.41, 5.74) is 0. The molecule has 0 saturated carbocycles. The molecule has 2 atom stereocenters. The van der Waals surface area contributed by atoms with Gasteiger partial charge in [-0.25, -0.2) is 0 Å². The van der Waals surface area contributed by atoms with Gasteiger partial charge >= 0.3 is 0 Å². The fraction of sp³-hybridized carbons (Fsp3) is 0.636. The monoisotopic (exact) mass is 289 g/mol. The Bertz CT molecular complexity index is 375. The van der Waals surface area contributed by atoms with Crippen molar-refractivity contribution in [3.8, 4) is 0 Å². The van der Waals surface area contributed by atoms with E-state index in [4.69, 9.17) is 11.6 Å². The van der Waals surface area contributed by atoms with Gasteiger partial charge in [-0.1, -0.05) is 0 Å². The number of carbonyl (C=O) groups excluding carboxylic acids is 4. The highest BCUT2D eigenvalue weighted by Gasteiger charge is 2.30. The van der Waals surface area contributed by atoms with Gasteiger partial charge in [0.2, 0.25) is 18.2 Å². The Balaban J connectivity index is 2.56. The van der Waals surface area contributed by atoms with Gasteiger partial charge in [-0.15, -0.1) is 11.6 Å². The fourth-order valence-electron chi connectivity index (χ4n) is 1.90.